The molecule has 2 aromatic rings. The van der Waals surface area contributed by atoms with Crippen molar-refractivity contribution < 1.29 is 4.39 Å². The molecule has 0 radical (unpaired) electrons. The number of benzene rings is 2. The van der Waals surface area contributed by atoms with Crippen molar-refractivity contribution in [1.29, 1.82) is 0 Å². The first kappa shape index (κ1) is 14.9. The fourth-order valence-corrected chi connectivity index (χ4v) is 2.56. The van der Waals surface area contributed by atoms with Crippen LogP contribution in [0, 0.1) is 5.82 Å². The minimum absolute atomic E-state index is 0.332. The van der Waals surface area contributed by atoms with Crippen LogP contribution in [-0.4, -0.2) is 0 Å². The lowest BCUT2D eigenvalue weighted by molar-refractivity contribution is 0.626. The Balaban J connectivity index is 2.19. The first-order valence-electron chi connectivity index (χ1n) is 5.30. The topological polar surface area (TPSA) is 12.0 Å². The smallest absolute Gasteiger partial charge is 0.123 e. The number of rotatable bonds is 3. The molecule has 0 aromatic heterocycles. The Morgan fingerprint density at radius 2 is 1.79 bits per heavy atom. The molecule has 0 heterocycles. The Bertz CT molecular complexity index is 619. The van der Waals surface area contributed by atoms with Gasteiger partial charge in [-0.05, 0) is 51.8 Å². The molecule has 0 amide bonds. The zero-order valence-electron chi connectivity index (χ0n) is 9.48. The summed E-state index contributed by atoms with van der Waals surface area (Å²) in [6.07, 6.45) is 0. The lowest BCUT2D eigenvalue weighted by Gasteiger charge is -2.11. The lowest BCUT2D eigenvalue weighted by Crippen LogP contribution is -2.01. The molecule has 0 saturated heterocycles. The molecule has 0 saturated carbocycles. The van der Waals surface area contributed by atoms with E-state index >= 15 is 0 Å². The number of hydrogen-bond donors (Lipinski definition) is 1. The first-order chi connectivity index (χ1) is 8.99. The van der Waals surface area contributed by atoms with E-state index in [-0.39, 0.29) is 5.82 Å². The molecule has 0 aliphatic carbocycles. The van der Waals surface area contributed by atoms with Gasteiger partial charge in [-0.15, -0.1) is 0 Å². The van der Waals surface area contributed by atoms with Crippen LogP contribution in [0.25, 0.3) is 0 Å². The Morgan fingerprint density at radius 1 is 1.05 bits per heavy atom. The van der Waals surface area contributed by atoms with Crippen molar-refractivity contribution in [3.05, 3.63) is 61.3 Å². The highest BCUT2D eigenvalue weighted by molar-refractivity contribution is 9.10. The van der Waals surface area contributed by atoms with Gasteiger partial charge in [0.15, 0.2) is 0 Å². The number of nitrogens with one attached hydrogen (secondary N) is 1. The third kappa shape index (κ3) is 3.54. The van der Waals surface area contributed by atoms with Crippen LogP contribution in [0.15, 0.2) is 34.8 Å². The molecule has 0 spiro atoms. The fraction of sp³-hybridized carbons (Fsp3) is 0.0769. The van der Waals surface area contributed by atoms with E-state index in [0.717, 1.165) is 0 Å². The molecule has 2 rings (SSSR count). The number of anilines is 1. The van der Waals surface area contributed by atoms with Gasteiger partial charge in [0.25, 0.3) is 0 Å². The summed E-state index contributed by atoms with van der Waals surface area (Å²) in [6, 6.07) is 7.78. The predicted octanol–water partition coefficient (Wildman–Crippen LogP) is 6.16. The standard InChI is InChI=1S/C13H8BrCl3FN/c14-9-2-4-11(13(17)12(9)16)19-6-7-5-8(18)1-3-10(7)15/h1-5,19H,6H2. The number of halogens is 5. The van der Waals surface area contributed by atoms with Crippen molar-refractivity contribution in [1.82, 2.24) is 0 Å². The molecule has 0 unspecified atom stereocenters. The van der Waals surface area contributed by atoms with Gasteiger partial charge in [0.2, 0.25) is 0 Å². The van der Waals surface area contributed by atoms with Gasteiger partial charge in [-0.3, -0.25) is 0 Å². The van der Waals surface area contributed by atoms with Crippen molar-refractivity contribution in [3.63, 3.8) is 0 Å². The van der Waals surface area contributed by atoms with E-state index in [9.17, 15) is 4.39 Å². The van der Waals surface area contributed by atoms with Crippen LogP contribution in [0.1, 0.15) is 5.56 Å². The molecule has 0 fully saturated rings. The quantitative estimate of drug-likeness (QED) is 0.626. The van der Waals surface area contributed by atoms with E-state index in [2.05, 4.69) is 21.2 Å². The minimum atomic E-state index is -0.332. The Labute approximate surface area is 133 Å². The molecule has 19 heavy (non-hydrogen) atoms. The SMILES string of the molecule is Fc1ccc(Cl)c(CNc2ccc(Br)c(Cl)c2Cl)c1. The highest BCUT2D eigenvalue weighted by atomic mass is 79.9. The Hall–Kier alpha value is -0.480. The molecule has 0 bridgehead atoms. The second-order valence-electron chi connectivity index (χ2n) is 3.81. The maximum Gasteiger partial charge on any atom is 0.123 e. The van der Waals surface area contributed by atoms with E-state index in [1.807, 2.05) is 0 Å². The van der Waals surface area contributed by atoms with Crippen LogP contribution in [0.4, 0.5) is 10.1 Å². The largest absolute Gasteiger partial charge is 0.380 e. The van der Waals surface area contributed by atoms with Gasteiger partial charge >= 0.3 is 0 Å². The van der Waals surface area contributed by atoms with Crippen LogP contribution in [0.3, 0.4) is 0 Å². The summed E-state index contributed by atoms with van der Waals surface area (Å²) >= 11 is 21.4. The average molecular weight is 383 g/mol. The predicted molar refractivity (Wildman–Crippen MR) is 82.9 cm³/mol. The summed E-state index contributed by atoms with van der Waals surface area (Å²) in [7, 11) is 0. The molecule has 0 aliphatic heterocycles. The summed E-state index contributed by atoms with van der Waals surface area (Å²) in [5.74, 6) is -0.332. The average Bonchev–Trinajstić information content (AvgIpc) is 2.39. The van der Waals surface area contributed by atoms with Gasteiger partial charge in [-0.25, -0.2) is 4.39 Å². The number of hydrogen-bond acceptors (Lipinski definition) is 1. The molecule has 2 aromatic carbocycles. The Kier molecular flexibility index (Phi) is 4.96. The van der Waals surface area contributed by atoms with Gasteiger partial charge in [0.05, 0.1) is 15.7 Å². The van der Waals surface area contributed by atoms with Crippen LogP contribution < -0.4 is 5.32 Å². The highest BCUT2D eigenvalue weighted by Gasteiger charge is 2.09. The normalized spacial score (nSPS) is 10.6. The van der Waals surface area contributed by atoms with Gasteiger partial charge in [0.1, 0.15) is 5.82 Å². The van der Waals surface area contributed by atoms with Crippen molar-refractivity contribution in [2.75, 3.05) is 5.32 Å². The van der Waals surface area contributed by atoms with Crippen molar-refractivity contribution in [2.45, 2.75) is 6.54 Å². The fourth-order valence-electron chi connectivity index (χ4n) is 1.53. The lowest BCUT2D eigenvalue weighted by atomic mass is 10.2. The van der Waals surface area contributed by atoms with Crippen molar-refractivity contribution in [2.24, 2.45) is 0 Å². The van der Waals surface area contributed by atoms with Crippen LogP contribution in [0.5, 0.6) is 0 Å². The zero-order valence-corrected chi connectivity index (χ0v) is 13.3. The highest BCUT2D eigenvalue weighted by Crippen LogP contribution is 2.36. The maximum absolute atomic E-state index is 13.1. The molecular formula is C13H8BrCl3FN. The van der Waals surface area contributed by atoms with Gasteiger partial charge in [0, 0.05) is 16.0 Å². The minimum Gasteiger partial charge on any atom is -0.380 e. The van der Waals surface area contributed by atoms with Crippen molar-refractivity contribution >= 4 is 56.4 Å². The summed E-state index contributed by atoms with van der Waals surface area (Å²) < 4.78 is 13.8. The van der Waals surface area contributed by atoms with E-state index in [0.29, 0.717) is 37.3 Å². The molecule has 1 nitrogen and oxygen atoms in total. The third-order valence-electron chi connectivity index (χ3n) is 2.51. The summed E-state index contributed by atoms with van der Waals surface area (Å²) in [5.41, 5.74) is 1.31. The summed E-state index contributed by atoms with van der Waals surface area (Å²) in [4.78, 5) is 0. The van der Waals surface area contributed by atoms with E-state index in [1.165, 1.54) is 18.2 Å². The molecule has 0 atom stereocenters. The molecule has 6 heteroatoms. The monoisotopic (exact) mass is 381 g/mol. The van der Waals surface area contributed by atoms with Gasteiger partial charge in [-0.1, -0.05) is 34.8 Å². The molecule has 100 valence electrons. The van der Waals surface area contributed by atoms with Gasteiger partial charge < -0.3 is 5.32 Å². The van der Waals surface area contributed by atoms with E-state index in [1.54, 1.807) is 12.1 Å². The molecule has 0 aliphatic rings. The second kappa shape index (κ2) is 6.31. The molecular weight excluding hydrogens is 375 g/mol. The van der Waals surface area contributed by atoms with E-state index in [4.69, 9.17) is 34.8 Å². The van der Waals surface area contributed by atoms with E-state index < -0.39 is 0 Å². The first-order valence-corrected chi connectivity index (χ1v) is 7.23. The zero-order chi connectivity index (χ0) is 14.0. The maximum atomic E-state index is 13.1. The molecule has 1 N–H and O–H groups in total. The van der Waals surface area contributed by atoms with Crippen molar-refractivity contribution in [3.8, 4) is 0 Å². The summed E-state index contributed by atoms with van der Waals surface area (Å²) in [6.45, 7) is 0.355. The van der Waals surface area contributed by atoms with Gasteiger partial charge in [-0.2, -0.15) is 0 Å². The van der Waals surface area contributed by atoms with Crippen LogP contribution >= 0.6 is 50.7 Å². The second-order valence-corrected chi connectivity index (χ2v) is 5.83. The van der Waals surface area contributed by atoms with Crippen LogP contribution in [-0.2, 0) is 6.54 Å². The summed E-state index contributed by atoms with van der Waals surface area (Å²) in [5, 5.41) is 4.40. The van der Waals surface area contributed by atoms with Crippen LogP contribution in [0.2, 0.25) is 15.1 Å². The Morgan fingerprint density at radius 3 is 2.53 bits per heavy atom. The third-order valence-corrected chi connectivity index (χ3v) is 4.65.